The molecule has 1 aliphatic rings. The monoisotopic (exact) mass is 300 g/mol. The van der Waals surface area contributed by atoms with E-state index in [0.29, 0.717) is 30.3 Å². The highest BCUT2D eigenvalue weighted by molar-refractivity contribution is 5.92. The lowest BCUT2D eigenvalue weighted by atomic mass is 10.1. The van der Waals surface area contributed by atoms with E-state index in [1.165, 1.54) is 5.56 Å². The van der Waals surface area contributed by atoms with E-state index in [9.17, 15) is 4.79 Å². The number of likely N-dealkylation sites (N-methyl/N-ethyl adjacent to an activating group) is 1. The molecule has 1 aromatic heterocycles. The molecule has 0 aliphatic carbocycles. The standard InChI is InChI=1S/C17H20N2O3/c1-4-15-18-11(2)16(22-15)17(20)19(3)10-13-9-12-7-5-6-8-14(12)21-13/h5-8,13H,4,9-10H2,1-3H3. The summed E-state index contributed by atoms with van der Waals surface area (Å²) < 4.78 is 11.4. The molecule has 1 unspecified atom stereocenters. The van der Waals surface area contributed by atoms with E-state index in [0.717, 1.165) is 12.2 Å². The van der Waals surface area contributed by atoms with Crippen LogP contribution in [0, 0.1) is 6.92 Å². The van der Waals surface area contributed by atoms with Crippen molar-refractivity contribution in [3.63, 3.8) is 0 Å². The van der Waals surface area contributed by atoms with Gasteiger partial charge >= 0.3 is 0 Å². The lowest BCUT2D eigenvalue weighted by molar-refractivity contribution is 0.0697. The van der Waals surface area contributed by atoms with Crippen LogP contribution in [0.3, 0.4) is 0 Å². The number of hydrogen-bond donors (Lipinski definition) is 0. The molecule has 0 bridgehead atoms. The highest BCUT2D eigenvalue weighted by Gasteiger charge is 2.27. The first kappa shape index (κ1) is 14.6. The summed E-state index contributed by atoms with van der Waals surface area (Å²) in [5.74, 6) is 1.69. The number of aryl methyl sites for hydroxylation is 2. The largest absolute Gasteiger partial charge is 0.488 e. The van der Waals surface area contributed by atoms with Gasteiger partial charge in [0.25, 0.3) is 5.91 Å². The number of fused-ring (bicyclic) bond motifs is 1. The molecule has 0 N–H and O–H groups in total. The molecule has 2 heterocycles. The molecule has 2 aromatic rings. The van der Waals surface area contributed by atoms with Crippen LogP contribution in [0.2, 0.25) is 0 Å². The highest BCUT2D eigenvalue weighted by atomic mass is 16.5. The van der Waals surface area contributed by atoms with Crippen LogP contribution in [0.25, 0.3) is 0 Å². The summed E-state index contributed by atoms with van der Waals surface area (Å²) in [6, 6.07) is 7.99. The van der Waals surface area contributed by atoms with Crippen molar-refractivity contribution in [3.05, 3.63) is 47.2 Å². The number of para-hydroxylation sites is 1. The molecule has 5 nitrogen and oxygen atoms in total. The van der Waals surface area contributed by atoms with Crippen molar-refractivity contribution in [2.45, 2.75) is 32.8 Å². The Kier molecular flexibility index (Phi) is 3.88. The van der Waals surface area contributed by atoms with E-state index >= 15 is 0 Å². The number of amides is 1. The van der Waals surface area contributed by atoms with Gasteiger partial charge in [-0.3, -0.25) is 4.79 Å². The van der Waals surface area contributed by atoms with Gasteiger partial charge in [-0.1, -0.05) is 25.1 Å². The van der Waals surface area contributed by atoms with Crippen LogP contribution in [0.15, 0.2) is 28.7 Å². The van der Waals surface area contributed by atoms with Gasteiger partial charge in [0.15, 0.2) is 5.89 Å². The van der Waals surface area contributed by atoms with Crippen molar-refractivity contribution in [1.82, 2.24) is 9.88 Å². The Bertz CT molecular complexity index is 668. The van der Waals surface area contributed by atoms with Gasteiger partial charge in [-0.15, -0.1) is 0 Å². The second-order valence-electron chi connectivity index (χ2n) is 5.61. The number of oxazole rings is 1. The number of nitrogens with zero attached hydrogens (tertiary/aromatic N) is 2. The van der Waals surface area contributed by atoms with Crippen molar-refractivity contribution in [3.8, 4) is 5.75 Å². The maximum atomic E-state index is 12.5. The minimum absolute atomic E-state index is 0.0137. The molecular formula is C17H20N2O3. The van der Waals surface area contributed by atoms with Crippen LogP contribution in [0.4, 0.5) is 0 Å². The average Bonchev–Trinajstić information content (AvgIpc) is 3.08. The number of carbonyl (C=O) groups is 1. The van der Waals surface area contributed by atoms with Gasteiger partial charge < -0.3 is 14.1 Å². The van der Waals surface area contributed by atoms with Crippen LogP contribution < -0.4 is 4.74 Å². The third-order valence-electron chi connectivity index (χ3n) is 3.88. The minimum Gasteiger partial charge on any atom is -0.488 e. The number of ether oxygens (including phenoxy) is 1. The van der Waals surface area contributed by atoms with Crippen LogP contribution >= 0.6 is 0 Å². The van der Waals surface area contributed by atoms with E-state index in [1.54, 1.807) is 18.9 Å². The lowest BCUT2D eigenvalue weighted by Crippen LogP contribution is -2.36. The fourth-order valence-corrected chi connectivity index (χ4v) is 2.72. The van der Waals surface area contributed by atoms with Crippen LogP contribution in [0.5, 0.6) is 5.75 Å². The summed E-state index contributed by atoms with van der Waals surface area (Å²) in [5.41, 5.74) is 1.83. The number of aromatic nitrogens is 1. The Hall–Kier alpha value is -2.30. The third-order valence-corrected chi connectivity index (χ3v) is 3.88. The molecule has 3 rings (SSSR count). The fraction of sp³-hybridized carbons (Fsp3) is 0.412. The zero-order valence-corrected chi connectivity index (χ0v) is 13.1. The molecule has 1 atom stereocenters. The minimum atomic E-state index is -0.149. The Labute approximate surface area is 129 Å². The first-order chi connectivity index (χ1) is 10.6. The van der Waals surface area contributed by atoms with Crippen molar-refractivity contribution < 1.29 is 13.9 Å². The predicted octanol–water partition coefficient (Wildman–Crippen LogP) is 2.62. The number of rotatable bonds is 4. The topological polar surface area (TPSA) is 55.6 Å². The Morgan fingerprint density at radius 3 is 2.86 bits per heavy atom. The summed E-state index contributed by atoms with van der Waals surface area (Å²) in [7, 11) is 1.77. The predicted molar refractivity (Wildman–Crippen MR) is 82.1 cm³/mol. The molecule has 0 fully saturated rings. The van der Waals surface area contributed by atoms with E-state index in [2.05, 4.69) is 11.1 Å². The van der Waals surface area contributed by atoms with Gasteiger partial charge in [0.1, 0.15) is 11.9 Å². The average molecular weight is 300 g/mol. The molecule has 1 aromatic carbocycles. The summed E-state index contributed by atoms with van der Waals surface area (Å²) >= 11 is 0. The molecule has 0 spiro atoms. The fourth-order valence-electron chi connectivity index (χ4n) is 2.72. The van der Waals surface area contributed by atoms with Crippen LogP contribution in [0.1, 0.15) is 34.6 Å². The Morgan fingerprint density at radius 2 is 2.18 bits per heavy atom. The summed E-state index contributed by atoms with van der Waals surface area (Å²) in [5, 5.41) is 0. The van der Waals surface area contributed by atoms with Gasteiger partial charge in [0, 0.05) is 19.9 Å². The van der Waals surface area contributed by atoms with Crippen LogP contribution in [-0.4, -0.2) is 35.5 Å². The SMILES string of the molecule is CCc1nc(C)c(C(=O)N(C)CC2Cc3ccccc3O2)o1. The molecule has 5 heteroatoms. The summed E-state index contributed by atoms with van der Waals surface area (Å²) in [6.45, 7) is 4.27. The summed E-state index contributed by atoms with van der Waals surface area (Å²) in [6.07, 6.45) is 1.49. The van der Waals surface area contributed by atoms with Crippen molar-refractivity contribution in [2.24, 2.45) is 0 Å². The van der Waals surface area contributed by atoms with Gasteiger partial charge in [-0.25, -0.2) is 4.98 Å². The summed E-state index contributed by atoms with van der Waals surface area (Å²) in [4.78, 5) is 18.4. The second-order valence-corrected chi connectivity index (χ2v) is 5.61. The van der Waals surface area contributed by atoms with Crippen molar-refractivity contribution >= 4 is 5.91 Å². The lowest BCUT2D eigenvalue weighted by Gasteiger charge is -2.20. The second kappa shape index (κ2) is 5.83. The van der Waals surface area contributed by atoms with Gasteiger partial charge in [-0.05, 0) is 18.6 Å². The molecule has 0 radical (unpaired) electrons. The number of carbonyl (C=O) groups excluding carboxylic acids is 1. The van der Waals surface area contributed by atoms with Gasteiger partial charge in [0.2, 0.25) is 5.76 Å². The third kappa shape index (κ3) is 2.71. The van der Waals surface area contributed by atoms with Gasteiger partial charge in [-0.2, -0.15) is 0 Å². The van der Waals surface area contributed by atoms with E-state index in [4.69, 9.17) is 9.15 Å². The van der Waals surface area contributed by atoms with E-state index < -0.39 is 0 Å². The van der Waals surface area contributed by atoms with E-state index in [1.807, 2.05) is 25.1 Å². The molecule has 22 heavy (non-hydrogen) atoms. The zero-order valence-electron chi connectivity index (χ0n) is 13.1. The Balaban J connectivity index is 1.66. The van der Waals surface area contributed by atoms with Crippen LogP contribution in [-0.2, 0) is 12.8 Å². The smallest absolute Gasteiger partial charge is 0.291 e. The highest BCUT2D eigenvalue weighted by Crippen LogP contribution is 2.28. The zero-order chi connectivity index (χ0) is 15.7. The Morgan fingerprint density at radius 1 is 1.41 bits per heavy atom. The molecule has 0 saturated heterocycles. The molecule has 0 saturated carbocycles. The normalized spacial score (nSPS) is 16.2. The van der Waals surface area contributed by atoms with Gasteiger partial charge in [0.05, 0.1) is 12.2 Å². The quantitative estimate of drug-likeness (QED) is 0.871. The number of hydrogen-bond acceptors (Lipinski definition) is 4. The number of benzene rings is 1. The van der Waals surface area contributed by atoms with Crippen molar-refractivity contribution in [1.29, 1.82) is 0 Å². The first-order valence-corrected chi connectivity index (χ1v) is 7.54. The maximum absolute atomic E-state index is 12.5. The first-order valence-electron chi connectivity index (χ1n) is 7.54. The van der Waals surface area contributed by atoms with Crippen molar-refractivity contribution in [2.75, 3.05) is 13.6 Å². The molecule has 1 aliphatic heterocycles. The molecule has 1 amide bonds. The molecule has 116 valence electrons. The molecular weight excluding hydrogens is 280 g/mol. The maximum Gasteiger partial charge on any atom is 0.291 e. The van der Waals surface area contributed by atoms with E-state index in [-0.39, 0.29) is 12.0 Å².